The zero-order valence-electron chi connectivity index (χ0n) is 10.2. The van der Waals surface area contributed by atoms with Crippen molar-refractivity contribution in [1.29, 1.82) is 0 Å². The molecular weight excluding hydrogens is 232 g/mol. The molecule has 0 saturated heterocycles. The second-order valence-corrected chi connectivity index (χ2v) is 5.81. The molecule has 90 valence electrons. The van der Waals surface area contributed by atoms with Crippen molar-refractivity contribution in [1.82, 2.24) is 0 Å². The van der Waals surface area contributed by atoms with Crippen LogP contribution in [0.3, 0.4) is 0 Å². The first-order chi connectivity index (χ1) is 8.18. The Hall–Kier alpha value is -0.930. The van der Waals surface area contributed by atoms with Gasteiger partial charge in [-0.1, -0.05) is 0 Å². The van der Waals surface area contributed by atoms with Crippen LogP contribution in [0.5, 0.6) is 0 Å². The summed E-state index contributed by atoms with van der Waals surface area (Å²) in [7, 11) is 1.65. The zero-order valence-corrected chi connectivity index (χ0v) is 11.0. The molecule has 1 atom stereocenters. The molecule has 2 nitrogen and oxygen atoms in total. The Morgan fingerprint density at radius 2 is 2.12 bits per heavy atom. The van der Waals surface area contributed by atoms with E-state index in [1.54, 1.807) is 18.4 Å². The molecule has 2 aliphatic rings. The fraction of sp³-hybridized carbons (Fsp3) is 0.500. The summed E-state index contributed by atoms with van der Waals surface area (Å²) in [6, 6.07) is 2.09. The van der Waals surface area contributed by atoms with Crippen LogP contribution < -0.4 is 0 Å². The number of carbonyl (C=O) groups is 1. The molecule has 0 bridgehead atoms. The summed E-state index contributed by atoms with van der Waals surface area (Å²) >= 11 is 1.54. The Bertz CT molecular complexity index is 512. The zero-order chi connectivity index (χ0) is 12.0. The maximum Gasteiger partial charge on any atom is 0.209 e. The van der Waals surface area contributed by atoms with E-state index >= 15 is 0 Å². The highest BCUT2D eigenvalue weighted by atomic mass is 32.1. The molecular formula is C14H16O2S. The molecule has 0 aromatic carbocycles. The molecule has 3 rings (SSSR count). The van der Waals surface area contributed by atoms with Crippen molar-refractivity contribution >= 4 is 22.7 Å². The van der Waals surface area contributed by atoms with Crippen LogP contribution in [0.1, 0.15) is 47.8 Å². The lowest BCUT2D eigenvalue weighted by Gasteiger charge is -2.37. The average Bonchev–Trinajstić information content (AvgIpc) is 2.85. The summed E-state index contributed by atoms with van der Waals surface area (Å²) in [4.78, 5) is 13.4. The molecule has 0 saturated carbocycles. The fourth-order valence-corrected chi connectivity index (χ4v) is 3.98. The van der Waals surface area contributed by atoms with Gasteiger partial charge in [-0.25, -0.2) is 0 Å². The van der Waals surface area contributed by atoms with Gasteiger partial charge < -0.3 is 4.74 Å². The first-order valence-electron chi connectivity index (χ1n) is 6.09. The number of fused-ring (bicyclic) bond motifs is 2. The van der Waals surface area contributed by atoms with Crippen LogP contribution in [0.2, 0.25) is 0 Å². The fourth-order valence-electron chi connectivity index (χ4n) is 3.02. The summed E-state index contributed by atoms with van der Waals surface area (Å²) in [6.45, 7) is 1.93. The van der Waals surface area contributed by atoms with Crippen molar-refractivity contribution in [2.24, 2.45) is 0 Å². The molecule has 0 N–H and O–H groups in total. The molecule has 0 amide bonds. The van der Waals surface area contributed by atoms with Crippen molar-refractivity contribution in [2.45, 2.75) is 38.2 Å². The number of rotatable bonds is 1. The second-order valence-electron chi connectivity index (χ2n) is 4.89. The quantitative estimate of drug-likeness (QED) is 0.758. The number of ketones is 1. The van der Waals surface area contributed by atoms with E-state index in [0.717, 1.165) is 17.7 Å². The minimum Gasteiger partial charge on any atom is -0.366 e. The normalized spacial score (nSPS) is 28.0. The van der Waals surface area contributed by atoms with Crippen LogP contribution in [-0.4, -0.2) is 18.5 Å². The van der Waals surface area contributed by atoms with E-state index < -0.39 is 5.60 Å². The number of thiophene rings is 1. The number of methoxy groups -OCH3 is 1. The molecule has 0 fully saturated rings. The van der Waals surface area contributed by atoms with E-state index in [2.05, 4.69) is 6.07 Å². The van der Waals surface area contributed by atoms with E-state index in [1.165, 1.54) is 29.6 Å². The molecule has 1 heterocycles. The number of allylic oxidation sites excluding steroid dienone is 1. The SMILES string of the molecule is COC1(C)C(=O)c2sccc2C2=C1CCCC2. The largest absolute Gasteiger partial charge is 0.366 e. The molecule has 0 radical (unpaired) electrons. The van der Waals surface area contributed by atoms with Crippen LogP contribution >= 0.6 is 11.3 Å². The number of hydrogen-bond acceptors (Lipinski definition) is 3. The second kappa shape index (κ2) is 3.79. The van der Waals surface area contributed by atoms with Gasteiger partial charge in [-0.2, -0.15) is 0 Å². The van der Waals surface area contributed by atoms with Crippen molar-refractivity contribution < 1.29 is 9.53 Å². The minimum absolute atomic E-state index is 0.144. The van der Waals surface area contributed by atoms with Gasteiger partial charge in [0.1, 0.15) is 0 Å². The third-order valence-electron chi connectivity index (χ3n) is 4.08. The third kappa shape index (κ3) is 1.39. The molecule has 3 heteroatoms. The first-order valence-corrected chi connectivity index (χ1v) is 6.97. The van der Waals surface area contributed by atoms with E-state index in [4.69, 9.17) is 4.74 Å². The molecule has 2 aliphatic carbocycles. The minimum atomic E-state index is -0.715. The summed E-state index contributed by atoms with van der Waals surface area (Å²) in [6.07, 6.45) is 4.48. The van der Waals surface area contributed by atoms with Crippen molar-refractivity contribution in [2.75, 3.05) is 7.11 Å². The van der Waals surface area contributed by atoms with Gasteiger partial charge in [-0.3, -0.25) is 4.79 Å². The summed E-state index contributed by atoms with van der Waals surface area (Å²) in [5.41, 5.74) is 3.05. The predicted molar refractivity (Wildman–Crippen MR) is 69.5 cm³/mol. The molecule has 0 spiro atoms. The van der Waals surface area contributed by atoms with Gasteiger partial charge in [-0.15, -0.1) is 11.3 Å². The highest BCUT2D eigenvalue weighted by Gasteiger charge is 2.45. The maximum absolute atomic E-state index is 12.5. The molecule has 0 aliphatic heterocycles. The molecule has 17 heavy (non-hydrogen) atoms. The first kappa shape index (κ1) is 11.2. The molecule has 1 unspecified atom stereocenters. The van der Waals surface area contributed by atoms with Gasteiger partial charge in [0, 0.05) is 7.11 Å². The Labute approximate surface area is 105 Å². The highest BCUT2D eigenvalue weighted by Crippen LogP contribution is 2.47. The van der Waals surface area contributed by atoms with Gasteiger partial charge in [0.2, 0.25) is 5.78 Å². The van der Waals surface area contributed by atoms with Crippen molar-refractivity contribution in [3.63, 3.8) is 0 Å². The Morgan fingerprint density at radius 1 is 1.35 bits per heavy atom. The van der Waals surface area contributed by atoms with Gasteiger partial charge in [0.25, 0.3) is 0 Å². The highest BCUT2D eigenvalue weighted by molar-refractivity contribution is 7.12. The lowest BCUT2D eigenvalue weighted by atomic mass is 9.73. The lowest BCUT2D eigenvalue weighted by Crippen LogP contribution is -2.43. The summed E-state index contributed by atoms with van der Waals surface area (Å²) in [5, 5.41) is 2.02. The average molecular weight is 248 g/mol. The number of Topliss-reactive ketones (excluding diaryl/α,β-unsaturated/α-hetero) is 1. The maximum atomic E-state index is 12.5. The van der Waals surface area contributed by atoms with Gasteiger partial charge >= 0.3 is 0 Å². The van der Waals surface area contributed by atoms with Gasteiger partial charge in [-0.05, 0) is 60.8 Å². The van der Waals surface area contributed by atoms with Crippen LogP contribution in [0.4, 0.5) is 0 Å². The van der Waals surface area contributed by atoms with Crippen LogP contribution in [0, 0.1) is 0 Å². The summed E-state index contributed by atoms with van der Waals surface area (Å²) < 4.78 is 5.59. The van der Waals surface area contributed by atoms with Crippen LogP contribution in [0.25, 0.3) is 5.57 Å². The van der Waals surface area contributed by atoms with Gasteiger partial charge in [0.15, 0.2) is 5.60 Å². The Morgan fingerprint density at radius 3 is 2.88 bits per heavy atom. The smallest absolute Gasteiger partial charge is 0.209 e. The monoisotopic (exact) mass is 248 g/mol. The Kier molecular flexibility index (Phi) is 2.49. The molecule has 1 aromatic heterocycles. The number of ether oxygens (including phenoxy) is 1. The van der Waals surface area contributed by atoms with E-state index in [1.807, 2.05) is 12.3 Å². The lowest BCUT2D eigenvalue weighted by molar-refractivity contribution is 0.0294. The summed E-state index contributed by atoms with van der Waals surface area (Å²) in [5.74, 6) is 0.144. The van der Waals surface area contributed by atoms with E-state index in [9.17, 15) is 4.79 Å². The van der Waals surface area contributed by atoms with E-state index in [0.29, 0.717) is 0 Å². The van der Waals surface area contributed by atoms with Crippen molar-refractivity contribution in [3.8, 4) is 0 Å². The third-order valence-corrected chi connectivity index (χ3v) is 4.99. The van der Waals surface area contributed by atoms with E-state index in [-0.39, 0.29) is 5.78 Å². The topological polar surface area (TPSA) is 26.3 Å². The predicted octanol–water partition coefficient (Wildman–Crippen LogP) is 3.68. The number of carbonyl (C=O) groups excluding carboxylic acids is 1. The van der Waals surface area contributed by atoms with Crippen LogP contribution in [-0.2, 0) is 4.74 Å². The van der Waals surface area contributed by atoms with Gasteiger partial charge in [0.05, 0.1) is 4.88 Å². The molecule has 1 aromatic rings. The van der Waals surface area contributed by atoms with Crippen LogP contribution in [0.15, 0.2) is 17.0 Å². The Balaban J connectivity index is 2.26. The number of hydrogen-bond donors (Lipinski definition) is 0. The van der Waals surface area contributed by atoms with Crippen molar-refractivity contribution in [3.05, 3.63) is 27.5 Å². The standard InChI is InChI=1S/C14H16O2S/c1-14(16-2)11-6-4-3-5-9(11)10-7-8-17-12(10)13(14)15/h7-8H,3-6H2,1-2H3.